The van der Waals surface area contributed by atoms with Gasteiger partial charge in [0.15, 0.2) is 11.4 Å². The van der Waals surface area contributed by atoms with Crippen molar-refractivity contribution in [2.45, 2.75) is 20.4 Å². The fourth-order valence-electron chi connectivity index (χ4n) is 1.74. The van der Waals surface area contributed by atoms with Crippen LogP contribution in [0.15, 0.2) is 29.2 Å². The number of nitrogens with zero attached hydrogens (tertiary/aromatic N) is 2. The van der Waals surface area contributed by atoms with Gasteiger partial charge in [-0.3, -0.25) is 9.20 Å². The smallest absolute Gasteiger partial charge is 0.258 e. The van der Waals surface area contributed by atoms with Crippen LogP contribution in [0.25, 0.3) is 5.65 Å². The Morgan fingerprint density at radius 3 is 3.00 bits per heavy atom. The van der Waals surface area contributed by atoms with Crippen molar-refractivity contribution < 1.29 is 5.11 Å². The number of hydrogen-bond donors (Lipinski definition) is 2. The van der Waals surface area contributed by atoms with E-state index < -0.39 is 0 Å². The first-order valence-electron chi connectivity index (χ1n) is 5.99. The second kappa shape index (κ2) is 5.18. The van der Waals surface area contributed by atoms with Crippen LogP contribution in [0.1, 0.15) is 19.5 Å². The van der Waals surface area contributed by atoms with E-state index in [0.717, 1.165) is 6.54 Å². The van der Waals surface area contributed by atoms with Crippen molar-refractivity contribution in [3.8, 4) is 5.75 Å². The molecule has 2 heterocycles. The molecule has 0 saturated carbocycles. The van der Waals surface area contributed by atoms with E-state index in [1.807, 2.05) is 0 Å². The van der Waals surface area contributed by atoms with Gasteiger partial charge in [-0.05, 0) is 24.6 Å². The molecule has 18 heavy (non-hydrogen) atoms. The number of pyridine rings is 1. The number of aromatic nitrogens is 2. The third-order valence-corrected chi connectivity index (χ3v) is 2.58. The summed E-state index contributed by atoms with van der Waals surface area (Å²) in [5.41, 5.74) is 0.755. The maximum Gasteiger partial charge on any atom is 0.258 e. The molecule has 2 rings (SSSR count). The summed E-state index contributed by atoms with van der Waals surface area (Å²) in [6.45, 7) is 5.61. The fraction of sp³-hybridized carbons (Fsp3) is 0.385. The number of rotatable bonds is 4. The number of hydrogen-bond acceptors (Lipinski definition) is 4. The molecule has 0 spiro atoms. The van der Waals surface area contributed by atoms with E-state index in [9.17, 15) is 9.90 Å². The van der Waals surface area contributed by atoms with Gasteiger partial charge in [0.1, 0.15) is 0 Å². The number of fused-ring (bicyclic) bond motifs is 1. The van der Waals surface area contributed by atoms with Gasteiger partial charge in [0.2, 0.25) is 0 Å². The van der Waals surface area contributed by atoms with Crippen molar-refractivity contribution in [2.75, 3.05) is 6.54 Å². The van der Waals surface area contributed by atoms with Gasteiger partial charge >= 0.3 is 0 Å². The topological polar surface area (TPSA) is 66.6 Å². The number of aromatic hydroxyl groups is 1. The Morgan fingerprint density at radius 2 is 2.28 bits per heavy atom. The molecule has 2 aromatic heterocycles. The van der Waals surface area contributed by atoms with Crippen molar-refractivity contribution in [1.29, 1.82) is 0 Å². The molecule has 0 aromatic carbocycles. The zero-order chi connectivity index (χ0) is 13.1. The highest BCUT2D eigenvalue weighted by molar-refractivity contribution is 5.52. The Labute approximate surface area is 105 Å². The normalized spacial score (nSPS) is 11.3. The quantitative estimate of drug-likeness (QED) is 0.850. The number of nitrogens with one attached hydrogen (secondary N) is 1. The first-order chi connectivity index (χ1) is 8.58. The predicted molar refractivity (Wildman–Crippen MR) is 69.7 cm³/mol. The lowest BCUT2D eigenvalue weighted by Crippen LogP contribution is -2.22. The van der Waals surface area contributed by atoms with E-state index in [0.29, 0.717) is 23.8 Å². The Hall–Kier alpha value is -1.88. The summed E-state index contributed by atoms with van der Waals surface area (Å²) in [6.07, 6.45) is 1.59. The van der Waals surface area contributed by atoms with Gasteiger partial charge in [-0.1, -0.05) is 13.8 Å². The summed E-state index contributed by atoms with van der Waals surface area (Å²) in [7, 11) is 0. The van der Waals surface area contributed by atoms with Gasteiger partial charge in [-0.15, -0.1) is 0 Å². The van der Waals surface area contributed by atoms with Crippen molar-refractivity contribution in [3.05, 3.63) is 40.4 Å². The van der Waals surface area contributed by atoms with Gasteiger partial charge < -0.3 is 10.4 Å². The Balaban J connectivity index is 2.31. The zero-order valence-electron chi connectivity index (χ0n) is 10.6. The molecule has 0 amide bonds. The van der Waals surface area contributed by atoms with Gasteiger partial charge in [0, 0.05) is 18.8 Å². The van der Waals surface area contributed by atoms with Gasteiger partial charge in [0.05, 0.1) is 5.69 Å². The minimum Gasteiger partial charge on any atom is -0.504 e. The molecular formula is C13H17N3O2. The lowest BCUT2D eigenvalue weighted by atomic mass is 10.2. The first kappa shape index (κ1) is 12.6. The molecule has 0 aliphatic carbocycles. The second-order valence-corrected chi connectivity index (χ2v) is 4.70. The molecular weight excluding hydrogens is 230 g/mol. The summed E-state index contributed by atoms with van der Waals surface area (Å²) in [4.78, 5) is 16.1. The molecule has 0 radical (unpaired) electrons. The van der Waals surface area contributed by atoms with Crippen LogP contribution in [0.2, 0.25) is 0 Å². The second-order valence-electron chi connectivity index (χ2n) is 4.70. The summed E-state index contributed by atoms with van der Waals surface area (Å²) < 4.78 is 1.33. The maximum absolute atomic E-state index is 11.8. The van der Waals surface area contributed by atoms with Gasteiger partial charge in [-0.25, -0.2) is 4.98 Å². The summed E-state index contributed by atoms with van der Waals surface area (Å²) in [6, 6.07) is 4.62. The van der Waals surface area contributed by atoms with Crippen molar-refractivity contribution in [2.24, 2.45) is 5.92 Å². The van der Waals surface area contributed by atoms with E-state index in [4.69, 9.17) is 0 Å². The summed E-state index contributed by atoms with van der Waals surface area (Å²) in [5.74, 6) is 0.556. The highest BCUT2D eigenvalue weighted by Crippen LogP contribution is 2.13. The minimum absolute atomic E-state index is 0.0142. The van der Waals surface area contributed by atoms with E-state index in [2.05, 4.69) is 24.1 Å². The van der Waals surface area contributed by atoms with Crippen molar-refractivity contribution in [3.63, 3.8) is 0 Å². The molecule has 0 aliphatic heterocycles. The van der Waals surface area contributed by atoms with Crippen LogP contribution < -0.4 is 10.9 Å². The molecule has 5 heteroatoms. The maximum atomic E-state index is 11.8. The molecule has 0 aliphatic rings. The van der Waals surface area contributed by atoms with Crippen LogP contribution in [-0.2, 0) is 6.54 Å². The highest BCUT2D eigenvalue weighted by Gasteiger charge is 2.05. The van der Waals surface area contributed by atoms with Crippen molar-refractivity contribution >= 4 is 5.65 Å². The Morgan fingerprint density at radius 1 is 1.50 bits per heavy atom. The molecule has 2 aromatic rings. The predicted octanol–water partition coefficient (Wildman–Crippen LogP) is 1.15. The van der Waals surface area contributed by atoms with E-state index in [1.165, 1.54) is 16.5 Å². The van der Waals surface area contributed by atoms with Gasteiger partial charge in [0.25, 0.3) is 5.56 Å². The molecule has 0 fully saturated rings. The van der Waals surface area contributed by atoms with Crippen LogP contribution in [0.4, 0.5) is 0 Å². The molecule has 0 unspecified atom stereocenters. The molecule has 96 valence electrons. The first-order valence-corrected chi connectivity index (χ1v) is 5.99. The van der Waals surface area contributed by atoms with Crippen LogP contribution in [-0.4, -0.2) is 21.0 Å². The molecule has 0 atom stereocenters. The standard InChI is InChI=1S/C13H17N3O2/c1-9(2)7-14-8-10-6-12(18)16-5-3-4-11(17)13(16)15-10/h3-6,9,14,17H,7-8H2,1-2H3. The Kier molecular flexibility index (Phi) is 3.62. The molecule has 0 bridgehead atoms. The van der Waals surface area contributed by atoms with E-state index in [1.54, 1.807) is 12.3 Å². The molecule has 0 saturated heterocycles. The van der Waals surface area contributed by atoms with Crippen LogP contribution in [0, 0.1) is 5.92 Å². The zero-order valence-corrected chi connectivity index (χ0v) is 10.6. The average molecular weight is 247 g/mol. The monoisotopic (exact) mass is 247 g/mol. The van der Waals surface area contributed by atoms with E-state index >= 15 is 0 Å². The highest BCUT2D eigenvalue weighted by atomic mass is 16.3. The SMILES string of the molecule is CC(C)CNCc1cc(=O)n2cccc(O)c2n1. The van der Waals surface area contributed by atoms with Gasteiger partial charge in [-0.2, -0.15) is 0 Å². The lowest BCUT2D eigenvalue weighted by Gasteiger charge is -2.08. The average Bonchev–Trinajstić information content (AvgIpc) is 2.30. The Bertz CT molecular complexity index is 605. The molecule has 5 nitrogen and oxygen atoms in total. The van der Waals surface area contributed by atoms with Crippen LogP contribution in [0.5, 0.6) is 5.75 Å². The lowest BCUT2D eigenvalue weighted by molar-refractivity contribution is 0.476. The summed E-state index contributed by atoms with van der Waals surface area (Å²) >= 11 is 0. The minimum atomic E-state index is -0.183. The van der Waals surface area contributed by atoms with E-state index in [-0.39, 0.29) is 11.3 Å². The van der Waals surface area contributed by atoms with Crippen LogP contribution >= 0.6 is 0 Å². The molecule has 2 N–H and O–H groups in total. The fourth-order valence-corrected chi connectivity index (χ4v) is 1.74. The largest absolute Gasteiger partial charge is 0.504 e. The van der Waals surface area contributed by atoms with Crippen molar-refractivity contribution in [1.82, 2.24) is 14.7 Å². The third kappa shape index (κ3) is 2.68. The third-order valence-electron chi connectivity index (χ3n) is 2.58. The van der Waals surface area contributed by atoms with Crippen LogP contribution in [0.3, 0.4) is 0 Å². The summed E-state index contributed by atoms with van der Waals surface area (Å²) in [5, 5.41) is 12.9.